The Morgan fingerprint density at radius 3 is 2.46 bits per heavy atom. The van der Waals surface area contributed by atoms with E-state index in [4.69, 9.17) is 10.5 Å². The van der Waals surface area contributed by atoms with Crippen molar-refractivity contribution in [2.75, 3.05) is 6.61 Å². The number of amides is 2. The van der Waals surface area contributed by atoms with Gasteiger partial charge in [0.15, 0.2) is 4.87 Å². The van der Waals surface area contributed by atoms with E-state index in [0.29, 0.717) is 6.61 Å². The molecular formula is C19H21N3O3S. The molecule has 1 aromatic heterocycles. The van der Waals surface area contributed by atoms with Crippen molar-refractivity contribution in [3.63, 3.8) is 0 Å². The number of benzene rings is 1. The third-order valence-corrected chi connectivity index (χ3v) is 5.17. The largest absolute Gasteiger partial charge is 0.493 e. The summed E-state index contributed by atoms with van der Waals surface area (Å²) in [4.78, 5) is 26.3. The highest BCUT2D eigenvalue weighted by Crippen LogP contribution is 2.30. The van der Waals surface area contributed by atoms with E-state index in [-0.39, 0.29) is 6.42 Å². The SMILES string of the molecule is CCc1ccc(CCOc2ccc(C[C@@]3(N)SC(=O)NC3=O)cc2)nc1. The fourth-order valence-corrected chi connectivity index (χ4v) is 3.50. The second kappa shape index (κ2) is 7.88. The van der Waals surface area contributed by atoms with Gasteiger partial charge in [-0.2, -0.15) is 0 Å². The fourth-order valence-electron chi connectivity index (χ4n) is 2.64. The Morgan fingerprint density at radius 1 is 1.15 bits per heavy atom. The average Bonchev–Trinajstić information content (AvgIpc) is 2.88. The number of pyridine rings is 1. The number of hydrogen-bond acceptors (Lipinski definition) is 6. The molecule has 0 unspecified atom stereocenters. The Bertz CT molecular complexity index is 793. The number of carbonyl (C=O) groups excluding carboxylic acids is 2. The zero-order valence-electron chi connectivity index (χ0n) is 14.5. The maximum atomic E-state index is 11.8. The summed E-state index contributed by atoms with van der Waals surface area (Å²) in [7, 11) is 0. The average molecular weight is 371 g/mol. The van der Waals surface area contributed by atoms with Gasteiger partial charge in [-0.15, -0.1) is 0 Å². The molecule has 1 aromatic carbocycles. The lowest BCUT2D eigenvalue weighted by molar-refractivity contribution is -0.121. The first-order chi connectivity index (χ1) is 12.5. The maximum Gasteiger partial charge on any atom is 0.288 e. The molecule has 6 nitrogen and oxygen atoms in total. The standard InChI is InChI=1S/C19H21N3O3S/c1-2-13-3-6-15(21-12-13)9-10-25-16-7-4-14(5-8-16)11-19(20)17(23)22-18(24)26-19/h3-8,12H,2,9-11,20H2,1H3,(H,22,23,24)/t19-/m1/s1. The molecule has 1 aliphatic rings. The van der Waals surface area contributed by atoms with Crippen LogP contribution in [0.1, 0.15) is 23.7 Å². The van der Waals surface area contributed by atoms with Gasteiger partial charge >= 0.3 is 0 Å². The molecule has 0 spiro atoms. The molecule has 1 atom stereocenters. The van der Waals surface area contributed by atoms with Gasteiger partial charge in [-0.05, 0) is 47.5 Å². The normalized spacial score (nSPS) is 19.5. The van der Waals surface area contributed by atoms with Crippen molar-refractivity contribution in [1.29, 1.82) is 0 Å². The van der Waals surface area contributed by atoms with Crippen LogP contribution in [0.25, 0.3) is 0 Å². The smallest absolute Gasteiger partial charge is 0.288 e. The highest BCUT2D eigenvalue weighted by atomic mass is 32.2. The number of aromatic nitrogens is 1. The molecule has 1 saturated heterocycles. The summed E-state index contributed by atoms with van der Waals surface area (Å²) in [6, 6.07) is 11.5. The summed E-state index contributed by atoms with van der Waals surface area (Å²) >= 11 is 0.829. The summed E-state index contributed by atoms with van der Waals surface area (Å²) < 4.78 is 5.74. The van der Waals surface area contributed by atoms with Crippen LogP contribution in [-0.2, 0) is 24.1 Å². The van der Waals surface area contributed by atoms with E-state index >= 15 is 0 Å². The first kappa shape index (κ1) is 18.4. The van der Waals surface area contributed by atoms with Gasteiger partial charge in [0.05, 0.1) is 6.61 Å². The summed E-state index contributed by atoms with van der Waals surface area (Å²) in [5.74, 6) is 0.291. The lowest BCUT2D eigenvalue weighted by Gasteiger charge is -2.18. The molecule has 0 radical (unpaired) electrons. The van der Waals surface area contributed by atoms with Crippen LogP contribution in [-0.4, -0.2) is 27.6 Å². The highest BCUT2D eigenvalue weighted by Gasteiger charge is 2.44. The molecule has 0 saturated carbocycles. The van der Waals surface area contributed by atoms with E-state index < -0.39 is 16.0 Å². The number of ether oxygens (including phenoxy) is 1. The highest BCUT2D eigenvalue weighted by molar-refractivity contribution is 8.16. The van der Waals surface area contributed by atoms with Crippen LogP contribution in [0.15, 0.2) is 42.6 Å². The Morgan fingerprint density at radius 2 is 1.88 bits per heavy atom. The minimum Gasteiger partial charge on any atom is -0.493 e. The van der Waals surface area contributed by atoms with Crippen molar-refractivity contribution in [3.8, 4) is 5.75 Å². The molecule has 0 aliphatic carbocycles. The molecule has 1 aliphatic heterocycles. The Labute approximate surface area is 156 Å². The molecule has 2 aromatic rings. The number of rotatable bonds is 7. The number of carbonyl (C=O) groups is 2. The van der Waals surface area contributed by atoms with E-state index in [1.807, 2.05) is 36.5 Å². The van der Waals surface area contributed by atoms with Crippen LogP contribution in [0, 0.1) is 0 Å². The number of nitrogens with two attached hydrogens (primary N) is 1. The Hall–Kier alpha value is -2.38. The first-order valence-electron chi connectivity index (χ1n) is 8.47. The molecule has 2 amide bonds. The van der Waals surface area contributed by atoms with E-state index in [0.717, 1.165) is 41.6 Å². The van der Waals surface area contributed by atoms with Crippen molar-refractivity contribution in [2.45, 2.75) is 31.1 Å². The van der Waals surface area contributed by atoms with Crippen molar-refractivity contribution in [3.05, 3.63) is 59.4 Å². The molecule has 2 heterocycles. The molecular weight excluding hydrogens is 350 g/mol. The minimum atomic E-state index is -1.24. The second-order valence-corrected chi connectivity index (χ2v) is 7.47. The number of aryl methyl sites for hydroxylation is 1. The van der Waals surface area contributed by atoms with Gasteiger partial charge in [0.1, 0.15) is 5.75 Å². The van der Waals surface area contributed by atoms with Crippen molar-refractivity contribution in [1.82, 2.24) is 10.3 Å². The number of imide groups is 1. The van der Waals surface area contributed by atoms with Crippen LogP contribution < -0.4 is 15.8 Å². The molecule has 3 rings (SSSR count). The third kappa shape index (κ3) is 4.42. The molecule has 136 valence electrons. The quantitative estimate of drug-likeness (QED) is 0.776. The van der Waals surface area contributed by atoms with Gasteiger partial charge in [0.25, 0.3) is 11.1 Å². The van der Waals surface area contributed by atoms with Gasteiger partial charge in [-0.3, -0.25) is 19.9 Å². The number of hydrogen-bond donors (Lipinski definition) is 2. The summed E-state index contributed by atoms with van der Waals surface area (Å²) in [5, 5.41) is 1.81. The Kier molecular flexibility index (Phi) is 5.58. The van der Waals surface area contributed by atoms with Crippen LogP contribution in [0.4, 0.5) is 4.79 Å². The topological polar surface area (TPSA) is 94.3 Å². The molecule has 26 heavy (non-hydrogen) atoms. The zero-order chi connectivity index (χ0) is 18.6. The van der Waals surface area contributed by atoms with Crippen molar-refractivity contribution >= 4 is 22.9 Å². The van der Waals surface area contributed by atoms with E-state index in [1.165, 1.54) is 5.56 Å². The van der Waals surface area contributed by atoms with Crippen LogP contribution in [0.3, 0.4) is 0 Å². The van der Waals surface area contributed by atoms with Gasteiger partial charge in [-0.1, -0.05) is 25.1 Å². The fraction of sp³-hybridized carbons (Fsp3) is 0.316. The molecule has 0 bridgehead atoms. The minimum absolute atomic E-state index is 0.281. The van der Waals surface area contributed by atoms with Gasteiger partial charge in [-0.25, -0.2) is 0 Å². The number of nitrogens with one attached hydrogen (secondary N) is 1. The van der Waals surface area contributed by atoms with Crippen LogP contribution in [0.2, 0.25) is 0 Å². The third-order valence-electron chi connectivity index (χ3n) is 4.19. The van der Waals surface area contributed by atoms with Crippen LogP contribution >= 0.6 is 11.8 Å². The lowest BCUT2D eigenvalue weighted by Crippen LogP contribution is -2.46. The molecule has 1 fully saturated rings. The van der Waals surface area contributed by atoms with Crippen molar-refractivity contribution in [2.24, 2.45) is 5.73 Å². The van der Waals surface area contributed by atoms with Gasteiger partial charge in [0.2, 0.25) is 0 Å². The molecule has 7 heteroatoms. The van der Waals surface area contributed by atoms with Gasteiger partial charge < -0.3 is 10.5 Å². The van der Waals surface area contributed by atoms with E-state index in [1.54, 1.807) is 0 Å². The summed E-state index contributed by atoms with van der Waals surface area (Å²) in [6.07, 6.45) is 3.89. The number of thioether (sulfide) groups is 1. The molecule has 3 N–H and O–H groups in total. The van der Waals surface area contributed by atoms with Crippen LogP contribution in [0.5, 0.6) is 5.75 Å². The zero-order valence-corrected chi connectivity index (χ0v) is 15.3. The second-order valence-electron chi connectivity index (χ2n) is 6.16. The summed E-state index contributed by atoms with van der Waals surface area (Å²) in [6.45, 7) is 2.64. The first-order valence-corrected chi connectivity index (χ1v) is 9.29. The monoisotopic (exact) mass is 371 g/mol. The summed E-state index contributed by atoms with van der Waals surface area (Å²) in [5.41, 5.74) is 9.11. The van der Waals surface area contributed by atoms with E-state index in [9.17, 15) is 9.59 Å². The Balaban J connectivity index is 1.51. The van der Waals surface area contributed by atoms with Gasteiger partial charge in [0, 0.05) is 24.7 Å². The maximum absolute atomic E-state index is 11.8. The van der Waals surface area contributed by atoms with Crippen molar-refractivity contribution < 1.29 is 14.3 Å². The predicted molar refractivity (Wildman–Crippen MR) is 101 cm³/mol. The number of nitrogens with zero attached hydrogens (tertiary/aromatic N) is 1. The predicted octanol–water partition coefficient (Wildman–Crippen LogP) is 2.45. The van der Waals surface area contributed by atoms with E-state index in [2.05, 4.69) is 23.3 Å². The lowest BCUT2D eigenvalue weighted by atomic mass is 10.1.